The molecule has 4 aromatic rings. The molecule has 10 heteroatoms. The van der Waals surface area contributed by atoms with Crippen LogP contribution < -0.4 is 15.8 Å². The number of aryl methyl sites for hydroxylation is 2. The van der Waals surface area contributed by atoms with Crippen molar-refractivity contribution in [1.29, 1.82) is 0 Å². The van der Waals surface area contributed by atoms with Crippen LogP contribution in [0.2, 0.25) is 0 Å². The Morgan fingerprint density at radius 1 is 1.06 bits per heavy atom. The molecule has 0 aliphatic heterocycles. The van der Waals surface area contributed by atoms with Gasteiger partial charge >= 0.3 is 5.97 Å². The maximum atomic E-state index is 12.9. The van der Waals surface area contributed by atoms with Gasteiger partial charge < -0.3 is 20.5 Å². The van der Waals surface area contributed by atoms with Gasteiger partial charge in [0.1, 0.15) is 17.5 Å². The van der Waals surface area contributed by atoms with Gasteiger partial charge in [-0.25, -0.2) is 9.78 Å². The molecule has 2 aromatic carbocycles. The lowest BCUT2D eigenvalue weighted by Gasteiger charge is -2.18. The number of fused-ring (bicyclic) bond motifs is 1. The van der Waals surface area contributed by atoms with Crippen LogP contribution in [0.25, 0.3) is 5.78 Å². The Kier molecular flexibility index (Phi) is 6.91. The van der Waals surface area contributed by atoms with Crippen molar-refractivity contribution in [2.45, 2.75) is 32.7 Å². The standard InChI is InChI=1S/C25H26N6O4/c1-15-20(16(2)31-25(27-15)29-24(26)30-31)14-22(32)28-21(23(33)34-3)13-17-8-7-11-19(12-17)35-18-9-5-4-6-10-18/h4-12,21H,13-14H2,1-3H3,(H2,26,30)(H,28,32). The summed E-state index contributed by atoms with van der Waals surface area (Å²) >= 11 is 0. The van der Waals surface area contributed by atoms with Gasteiger partial charge in [0.05, 0.1) is 13.5 Å². The van der Waals surface area contributed by atoms with Gasteiger partial charge in [-0.05, 0) is 43.7 Å². The second kappa shape index (κ2) is 10.2. The Labute approximate surface area is 202 Å². The largest absolute Gasteiger partial charge is 0.467 e. The van der Waals surface area contributed by atoms with E-state index in [0.717, 1.165) is 5.56 Å². The number of benzene rings is 2. The predicted molar refractivity (Wildman–Crippen MR) is 129 cm³/mol. The van der Waals surface area contributed by atoms with Crippen molar-refractivity contribution < 1.29 is 19.1 Å². The first-order valence-corrected chi connectivity index (χ1v) is 11.0. The van der Waals surface area contributed by atoms with Crippen molar-refractivity contribution in [1.82, 2.24) is 24.9 Å². The maximum Gasteiger partial charge on any atom is 0.328 e. The summed E-state index contributed by atoms with van der Waals surface area (Å²) in [6.07, 6.45) is 0.240. The van der Waals surface area contributed by atoms with Crippen LogP contribution in [-0.2, 0) is 27.2 Å². The van der Waals surface area contributed by atoms with Gasteiger partial charge in [-0.3, -0.25) is 4.79 Å². The lowest BCUT2D eigenvalue weighted by Crippen LogP contribution is -2.43. The van der Waals surface area contributed by atoms with Crippen molar-refractivity contribution in [3.8, 4) is 11.5 Å². The Bertz CT molecular complexity index is 1370. The number of rotatable bonds is 8. The SMILES string of the molecule is COC(=O)C(Cc1cccc(Oc2ccccc2)c1)NC(=O)Cc1c(C)nc2nc(N)nn2c1C. The van der Waals surface area contributed by atoms with Crippen LogP contribution in [0.5, 0.6) is 11.5 Å². The first kappa shape index (κ1) is 23.7. The van der Waals surface area contributed by atoms with Crippen LogP contribution in [-0.4, -0.2) is 44.6 Å². The summed E-state index contributed by atoms with van der Waals surface area (Å²) in [4.78, 5) is 33.9. The lowest BCUT2D eigenvalue weighted by molar-refractivity contribution is -0.145. The van der Waals surface area contributed by atoms with Gasteiger partial charge in [0, 0.05) is 23.4 Å². The smallest absolute Gasteiger partial charge is 0.328 e. The Morgan fingerprint density at radius 3 is 2.54 bits per heavy atom. The highest BCUT2D eigenvalue weighted by molar-refractivity contribution is 5.86. The fourth-order valence-electron chi connectivity index (χ4n) is 3.82. The van der Waals surface area contributed by atoms with Crippen LogP contribution in [0, 0.1) is 13.8 Å². The zero-order valence-electron chi connectivity index (χ0n) is 19.7. The molecule has 2 aromatic heterocycles. The number of carbonyl (C=O) groups excluding carboxylic acids is 2. The summed E-state index contributed by atoms with van der Waals surface area (Å²) in [7, 11) is 1.29. The molecule has 10 nitrogen and oxygen atoms in total. The summed E-state index contributed by atoms with van der Waals surface area (Å²) in [5, 5.41) is 6.91. The molecule has 180 valence electrons. The molecule has 0 spiro atoms. The number of nitrogen functional groups attached to an aromatic ring is 1. The number of hydrogen-bond acceptors (Lipinski definition) is 8. The minimum Gasteiger partial charge on any atom is -0.467 e. The minimum absolute atomic E-state index is 0.00498. The highest BCUT2D eigenvalue weighted by atomic mass is 16.5. The zero-order chi connectivity index (χ0) is 24.9. The molecule has 0 fully saturated rings. The normalized spacial score (nSPS) is 11.7. The number of nitrogens with zero attached hydrogens (tertiary/aromatic N) is 4. The number of hydrogen-bond donors (Lipinski definition) is 2. The second-order valence-electron chi connectivity index (χ2n) is 8.03. The van der Waals surface area contributed by atoms with Gasteiger partial charge in [-0.1, -0.05) is 30.3 Å². The van der Waals surface area contributed by atoms with Gasteiger partial charge in [0.25, 0.3) is 5.78 Å². The number of aromatic nitrogens is 4. The number of para-hydroxylation sites is 1. The average Bonchev–Trinajstić information content (AvgIpc) is 3.22. The summed E-state index contributed by atoms with van der Waals surface area (Å²) in [6, 6.07) is 15.9. The molecule has 4 rings (SSSR count). The Hall–Kier alpha value is -4.47. The van der Waals surface area contributed by atoms with Crippen LogP contribution in [0.3, 0.4) is 0 Å². The van der Waals surface area contributed by atoms with Gasteiger partial charge in [0.15, 0.2) is 0 Å². The fraction of sp³-hybridized carbons (Fsp3) is 0.240. The highest BCUT2D eigenvalue weighted by Crippen LogP contribution is 2.22. The third-order valence-electron chi connectivity index (χ3n) is 5.54. The van der Waals surface area contributed by atoms with E-state index in [9.17, 15) is 9.59 Å². The number of ether oxygens (including phenoxy) is 2. The molecular weight excluding hydrogens is 448 g/mol. The summed E-state index contributed by atoms with van der Waals surface area (Å²) < 4.78 is 12.3. The number of amides is 1. The molecule has 2 heterocycles. The van der Waals surface area contributed by atoms with Crippen molar-refractivity contribution in [2.24, 2.45) is 0 Å². The monoisotopic (exact) mass is 474 g/mol. The molecule has 0 radical (unpaired) electrons. The summed E-state index contributed by atoms with van der Waals surface area (Å²) in [6.45, 7) is 3.60. The molecule has 0 bridgehead atoms. The second-order valence-corrected chi connectivity index (χ2v) is 8.03. The van der Waals surface area contributed by atoms with Crippen LogP contribution >= 0.6 is 0 Å². The van der Waals surface area contributed by atoms with Crippen LogP contribution in [0.4, 0.5) is 5.95 Å². The molecule has 0 aliphatic rings. The van der Waals surface area contributed by atoms with E-state index in [0.29, 0.717) is 34.2 Å². The van der Waals surface area contributed by atoms with Gasteiger partial charge in [-0.15, -0.1) is 5.10 Å². The number of methoxy groups -OCH3 is 1. The summed E-state index contributed by atoms with van der Waals surface area (Å²) in [5.74, 6) is 0.906. The molecular formula is C25H26N6O4. The van der Waals surface area contributed by atoms with Crippen LogP contribution in [0.1, 0.15) is 22.5 Å². The van der Waals surface area contributed by atoms with E-state index in [-0.39, 0.29) is 24.7 Å². The minimum atomic E-state index is -0.876. The molecule has 0 saturated carbocycles. The topological polar surface area (TPSA) is 134 Å². The quantitative estimate of drug-likeness (QED) is 0.372. The number of esters is 1. The van der Waals surface area contributed by atoms with E-state index < -0.39 is 12.0 Å². The van der Waals surface area contributed by atoms with Crippen molar-refractivity contribution in [2.75, 3.05) is 12.8 Å². The van der Waals surface area contributed by atoms with E-state index in [1.807, 2.05) is 61.5 Å². The number of anilines is 1. The Morgan fingerprint density at radius 2 is 1.80 bits per heavy atom. The van der Waals surface area contributed by atoms with E-state index in [1.165, 1.54) is 11.6 Å². The number of nitrogens with two attached hydrogens (primary N) is 1. The van der Waals surface area contributed by atoms with E-state index in [2.05, 4.69) is 20.4 Å². The molecule has 3 N–H and O–H groups in total. The predicted octanol–water partition coefficient (Wildman–Crippen LogP) is 2.56. The lowest BCUT2D eigenvalue weighted by atomic mass is 10.0. The van der Waals surface area contributed by atoms with Crippen molar-refractivity contribution in [3.63, 3.8) is 0 Å². The third-order valence-corrected chi connectivity index (χ3v) is 5.54. The maximum absolute atomic E-state index is 12.9. The molecule has 1 unspecified atom stereocenters. The van der Waals surface area contributed by atoms with Crippen molar-refractivity contribution in [3.05, 3.63) is 77.1 Å². The number of carbonyl (C=O) groups is 2. The molecule has 0 saturated heterocycles. The molecule has 1 atom stereocenters. The van der Waals surface area contributed by atoms with Crippen molar-refractivity contribution >= 4 is 23.6 Å². The molecule has 0 aliphatic carbocycles. The Balaban J connectivity index is 1.49. The first-order valence-electron chi connectivity index (χ1n) is 11.0. The summed E-state index contributed by atoms with van der Waals surface area (Å²) in [5.41, 5.74) is 8.51. The molecule has 35 heavy (non-hydrogen) atoms. The van der Waals surface area contributed by atoms with E-state index in [4.69, 9.17) is 15.2 Å². The fourth-order valence-corrected chi connectivity index (χ4v) is 3.82. The number of nitrogens with one attached hydrogen (secondary N) is 1. The third kappa shape index (κ3) is 5.55. The van der Waals surface area contributed by atoms with Gasteiger partial charge in [-0.2, -0.15) is 9.50 Å². The zero-order valence-corrected chi connectivity index (χ0v) is 19.7. The highest BCUT2D eigenvalue weighted by Gasteiger charge is 2.24. The van der Waals surface area contributed by atoms with E-state index >= 15 is 0 Å². The average molecular weight is 475 g/mol. The molecule has 1 amide bonds. The first-order chi connectivity index (χ1) is 16.8. The van der Waals surface area contributed by atoms with Gasteiger partial charge in [0.2, 0.25) is 11.9 Å². The van der Waals surface area contributed by atoms with Crippen LogP contribution in [0.15, 0.2) is 54.6 Å². The van der Waals surface area contributed by atoms with E-state index in [1.54, 1.807) is 6.92 Å².